The molecule has 0 spiro atoms. The lowest BCUT2D eigenvalue weighted by molar-refractivity contribution is -0.120. The van der Waals surface area contributed by atoms with Crippen molar-refractivity contribution in [3.05, 3.63) is 0 Å². The van der Waals surface area contributed by atoms with E-state index in [1.807, 2.05) is 20.8 Å². The van der Waals surface area contributed by atoms with Crippen LogP contribution in [0.25, 0.3) is 0 Å². The lowest BCUT2D eigenvalue weighted by Crippen LogP contribution is -2.39. The third-order valence-corrected chi connectivity index (χ3v) is 2.34. The summed E-state index contributed by atoms with van der Waals surface area (Å²) in [6.07, 6.45) is 0.832. The number of likely N-dealkylation sites (N-methyl/N-ethyl adjacent to an activating group) is 1. The number of anilines is 2. The second-order valence-electron chi connectivity index (χ2n) is 4.81. The van der Waals surface area contributed by atoms with Gasteiger partial charge in [0.2, 0.25) is 17.8 Å². The number of nitrogens with one attached hydrogen (secondary N) is 2. The highest BCUT2D eigenvalue weighted by molar-refractivity contribution is 5.80. The maximum atomic E-state index is 11.8. The molecular weight excluding hydrogens is 274 g/mol. The number of carbonyl (C=O) groups excluding carboxylic acids is 1. The molecule has 1 aromatic heterocycles. The summed E-state index contributed by atoms with van der Waals surface area (Å²) in [6, 6.07) is 0.250. The minimum atomic E-state index is -0.119. The molecule has 1 amide bonds. The Balaban J connectivity index is 2.81. The van der Waals surface area contributed by atoms with Crippen LogP contribution in [-0.2, 0) is 4.79 Å². The summed E-state index contributed by atoms with van der Waals surface area (Å²) in [4.78, 5) is 25.6. The predicted octanol–water partition coefficient (Wildman–Crippen LogP) is -0.0932. The Bertz CT molecular complexity index is 467. The molecule has 0 fully saturated rings. The maximum absolute atomic E-state index is 11.8. The van der Waals surface area contributed by atoms with Gasteiger partial charge < -0.3 is 15.0 Å². The molecule has 0 saturated heterocycles. The number of nitrogens with two attached hydrogens (primary N) is 1. The number of hydrogen-bond donors (Lipinski definition) is 3. The maximum Gasteiger partial charge on any atom is 0.323 e. The zero-order valence-corrected chi connectivity index (χ0v) is 12.9. The highest BCUT2D eigenvalue weighted by Gasteiger charge is 2.14. The number of hydrazine groups is 1. The topological polar surface area (TPSA) is 118 Å². The first-order valence-corrected chi connectivity index (χ1v) is 6.82. The molecular formula is C12H23N7O2. The predicted molar refractivity (Wildman–Crippen MR) is 80.0 cm³/mol. The van der Waals surface area contributed by atoms with Gasteiger partial charge in [-0.25, -0.2) is 5.84 Å². The molecule has 0 bridgehead atoms. The average Bonchev–Trinajstić information content (AvgIpc) is 2.43. The first-order chi connectivity index (χ1) is 9.96. The van der Waals surface area contributed by atoms with E-state index < -0.39 is 0 Å². The van der Waals surface area contributed by atoms with Crippen molar-refractivity contribution >= 4 is 17.8 Å². The van der Waals surface area contributed by atoms with Gasteiger partial charge in [-0.1, -0.05) is 6.92 Å². The van der Waals surface area contributed by atoms with Gasteiger partial charge in [-0.15, -0.1) is 0 Å². The Hall–Kier alpha value is -2.16. The van der Waals surface area contributed by atoms with Gasteiger partial charge in [0.25, 0.3) is 0 Å². The second kappa shape index (κ2) is 8.20. The van der Waals surface area contributed by atoms with E-state index in [0.29, 0.717) is 12.6 Å². The fourth-order valence-corrected chi connectivity index (χ4v) is 1.49. The monoisotopic (exact) mass is 297 g/mol. The van der Waals surface area contributed by atoms with Gasteiger partial charge in [-0.2, -0.15) is 15.0 Å². The van der Waals surface area contributed by atoms with Crippen LogP contribution in [0, 0.1) is 0 Å². The van der Waals surface area contributed by atoms with Crippen molar-refractivity contribution in [1.29, 1.82) is 0 Å². The second-order valence-corrected chi connectivity index (χ2v) is 4.81. The number of ether oxygens (including phenoxy) is 1. The van der Waals surface area contributed by atoms with Crippen LogP contribution in [-0.4, -0.2) is 47.1 Å². The SMILES string of the molecule is CCCOc1nc(NN)nc(N(C)CC(=O)NC(C)C)n1. The molecule has 0 atom stereocenters. The molecule has 0 radical (unpaired) electrons. The number of hydrogen-bond acceptors (Lipinski definition) is 8. The van der Waals surface area contributed by atoms with Crippen LogP contribution in [0.3, 0.4) is 0 Å². The van der Waals surface area contributed by atoms with E-state index in [-0.39, 0.29) is 30.5 Å². The number of amides is 1. The summed E-state index contributed by atoms with van der Waals surface area (Å²) in [7, 11) is 1.71. The minimum Gasteiger partial charge on any atom is -0.463 e. The molecule has 1 heterocycles. The Morgan fingerprint density at radius 3 is 2.67 bits per heavy atom. The molecule has 9 heteroatoms. The summed E-state index contributed by atoms with van der Waals surface area (Å²) in [6.45, 7) is 6.39. The summed E-state index contributed by atoms with van der Waals surface area (Å²) >= 11 is 0. The lowest BCUT2D eigenvalue weighted by Gasteiger charge is -2.18. The molecule has 0 aliphatic rings. The van der Waals surface area contributed by atoms with Crippen LogP contribution in [0.5, 0.6) is 6.01 Å². The van der Waals surface area contributed by atoms with Crippen molar-refractivity contribution in [1.82, 2.24) is 20.3 Å². The number of aromatic nitrogens is 3. The molecule has 0 unspecified atom stereocenters. The number of nitrogen functional groups attached to an aromatic ring is 1. The Kier molecular flexibility index (Phi) is 6.60. The standard InChI is InChI=1S/C12H23N7O2/c1-5-6-21-12-16-10(18-13)15-11(17-12)19(4)7-9(20)14-8(2)3/h8H,5-7,13H2,1-4H3,(H,14,20)(H,15,16,17,18). The Morgan fingerprint density at radius 1 is 1.38 bits per heavy atom. The molecule has 0 aliphatic heterocycles. The van der Waals surface area contributed by atoms with Crippen LogP contribution < -0.4 is 26.2 Å². The molecule has 9 nitrogen and oxygen atoms in total. The van der Waals surface area contributed by atoms with Gasteiger partial charge >= 0.3 is 6.01 Å². The quantitative estimate of drug-likeness (QED) is 0.450. The van der Waals surface area contributed by atoms with Gasteiger partial charge in [0.1, 0.15) is 0 Å². The third-order valence-electron chi connectivity index (χ3n) is 2.34. The summed E-state index contributed by atoms with van der Waals surface area (Å²) in [5.41, 5.74) is 2.36. The van der Waals surface area contributed by atoms with E-state index >= 15 is 0 Å². The summed E-state index contributed by atoms with van der Waals surface area (Å²) in [5.74, 6) is 5.70. The number of nitrogens with zero attached hydrogens (tertiary/aromatic N) is 4. The molecule has 1 aromatic rings. The van der Waals surface area contributed by atoms with Crippen LogP contribution >= 0.6 is 0 Å². The minimum absolute atomic E-state index is 0.0778. The smallest absolute Gasteiger partial charge is 0.323 e. The van der Waals surface area contributed by atoms with E-state index in [4.69, 9.17) is 10.6 Å². The van der Waals surface area contributed by atoms with E-state index in [1.165, 1.54) is 0 Å². The van der Waals surface area contributed by atoms with Crippen LogP contribution in [0.2, 0.25) is 0 Å². The lowest BCUT2D eigenvalue weighted by atomic mass is 10.4. The summed E-state index contributed by atoms with van der Waals surface area (Å²) < 4.78 is 5.37. The molecule has 0 saturated carbocycles. The normalized spacial score (nSPS) is 10.4. The van der Waals surface area contributed by atoms with Gasteiger partial charge in [0.05, 0.1) is 13.2 Å². The zero-order chi connectivity index (χ0) is 15.8. The first-order valence-electron chi connectivity index (χ1n) is 6.82. The van der Waals surface area contributed by atoms with E-state index in [0.717, 1.165) is 6.42 Å². The van der Waals surface area contributed by atoms with Crippen LogP contribution in [0.4, 0.5) is 11.9 Å². The Labute approximate surface area is 124 Å². The van der Waals surface area contributed by atoms with Crippen molar-refractivity contribution in [2.24, 2.45) is 5.84 Å². The van der Waals surface area contributed by atoms with Gasteiger partial charge in [0.15, 0.2) is 0 Å². The van der Waals surface area contributed by atoms with Crippen molar-refractivity contribution in [2.75, 3.05) is 30.5 Å². The first kappa shape index (κ1) is 16.9. The molecule has 118 valence electrons. The van der Waals surface area contributed by atoms with Crippen molar-refractivity contribution < 1.29 is 9.53 Å². The fraction of sp³-hybridized carbons (Fsp3) is 0.667. The molecule has 0 aromatic carbocycles. The summed E-state index contributed by atoms with van der Waals surface area (Å²) in [5, 5.41) is 2.80. The largest absolute Gasteiger partial charge is 0.463 e. The molecule has 21 heavy (non-hydrogen) atoms. The molecule has 4 N–H and O–H groups in total. The Morgan fingerprint density at radius 2 is 2.10 bits per heavy atom. The average molecular weight is 297 g/mol. The van der Waals surface area contributed by atoms with E-state index in [2.05, 4.69) is 25.7 Å². The van der Waals surface area contributed by atoms with Crippen molar-refractivity contribution in [3.8, 4) is 6.01 Å². The third kappa shape index (κ3) is 5.78. The molecule has 0 aliphatic carbocycles. The van der Waals surface area contributed by atoms with Crippen LogP contribution in [0.15, 0.2) is 0 Å². The van der Waals surface area contributed by atoms with Gasteiger partial charge in [-0.3, -0.25) is 10.2 Å². The van der Waals surface area contributed by atoms with Crippen molar-refractivity contribution in [2.45, 2.75) is 33.2 Å². The molecule has 1 rings (SSSR count). The zero-order valence-electron chi connectivity index (χ0n) is 12.9. The van der Waals surface area contributed by atoms with Gasteiger partial charge in [0, 0.05) is 13.1 Å². The van der Waals surface area contributed by atoms with Crippen LogP contribution in [0.1, 0.15) is 27.2 Å². The van der Waals surface area contributed by atoms with Gasteiger partial charge in [-0.05, 0) is 20.3 Å². The van der Waals surface area contributed by atoms with Crippen molar-refractivity contribution in [3.63, 3.8) is 0 Å². The number of carbonyl (C=O) groups is 1. The highest BCUT2D eigenvalue weighted by Crippen LogP contribution is 2.13. The highest BCUT2D eigenvalue weighted by atomic mass is 16.5. The number of rotatable bonds is 8. The van der Waals surface area contributed by atoms with E-state index in [1.54, 1.807) is 11.9 Å². The fourth-order valence-electron chi connectivity index (χ4n) is 1.49. The van der Waals surface area contributed by atoms with E-state index in [9.17, 15) is 4.79 Å².